The number of methoxy groups -OCH3 is 1. The Morgan fingerprint density at radius 1 is 1.10 bits per heavy atom. The van der Waals surface area contributed by atoms with Crippen LogP contribution in [0.15, 0.2) is 48.5 Å². The van der Waals surface area contributed by atoms with E-state index in [0.29, 0.717) is 16.9 Å². The van der Waals surface area contributed by atoms with Crippen LogP contribution >= 0.6 is 0 Å². The van der Waals surface area contributed by atoms with Crippen LogP contribution in [0, 0.1) is 10.1 Å². The molecule has 1 N–H and O–H groups in total. The lowest BCUT2D eigenvalue weighted by atomic mass is 10.1. The number of hydrogen-bond acceptors (Lipinski definition) is 5. The van der Waals surface area contributed by atoms with E-state index in [1.807, 2.05) is 0 Å². The minimum absolute atomic E-state index is 0.0628. The molecule has 2 aromatic carbocycles. The van der Waals surface area contributed by atoms with Crippen molar-refractivity contribution in [3.05, 3.63) is 64.2 Å². The molecule has 2 aromatic rings. The topological polar surface area (TPSA) is 81.5 Å². The number of benzene rings is 2. The summed E-state index contributed by atoms with van der Waals surface area (Å²) >= 11 is 0. The molecule has 0 bridgehead atoms. The molecule has 0 aliphatic heterocycles. The Labute approximate surface area is 115 Å². The largest absolute Gasteiger partial charge is 0.465 e. The van der Waals surface area contributed by atoms with Crippen molar-refractivity contribution < 1.29 is 14.5 Å². The smallest absolute Gasteiger partial charge is 0.339 e. The van der Waals surface area contributed by atoms with Gasteiger partial charge in [0.15, 0.2) is 0 Å². The highest BCUT2D eigenvalue weighted by molar-refractivity contribution is 5.96. The fourth-order valence-electron chi connectivity index (χ4n) is 1.76. The standard InChI is InChI=1S/C14H12N2O4/c1-20-14(17)10-6-2-3-7-11(10)15-12-8-4-5-9-13(12)16(18)19/h2-9,15H,1H3. The molecule has 0 aliphatic carbocycles. The fraction of sp³-hybridized carbons (Fsp3) is 0.0714. The maximum absolute atomic E-state index is 11.6. The number of nitrogens with one attached hydrogen (secondary N) is 1. The third-order valence-corrected chi connectivity index (χ3v) is 2.70. The highest BCUT2D eigenvalue weighted by Crippen LogP contribution is 2.28. The maximum atomic E-state index is 11.6. The van der Waals surface area contributed by atoms with Crippen molar-refractivity contribution >= 4 is 23.0 Å². The number of nitro groups is 1. The molecule has 0 atom stereocenters. The number of esters is 1. The van der Waals surface area contributed by atoms with Crippen LogP contribution in [-0.4, -0.2) is 18.0 Å². The monoisotopic (exact) mass is 272 g/mol. The third-order valence-electron chi connectivity index (χ3n) is 2.70. The van der Waals surface area contributed by atoms with Crippen molar-refractivity contribution in [2.45, 2.75) is 0 Å². The highest BCUT2D eigenvalue weighted by atomic mass is 16.6. The Bertz CT molecular complexity index is 655. The Balaban J connectivity index is 2.41. The second-order valence-corrected chi connectivity index (χ2v) is 3.94. The molecular formula is C14H12N2O4. The molecule has 0 amide bonds. The second-order valence-electron chi connectivity index (χ2n) is 3.94. The van der Waals surface area contributed by atoms with Crippen molar-refractivity contribution in [2.75, 3.05) is 12.4 Å². The number of nitrogens with zero attached hydrogens (tertiary/aromatic N) is 1. The minimum atomic E-state index is -0.508. The van der Waals surface area contributed by atoms with Crippen LogP contribution in [0.5, 0.6) is 0 Å². The van der Waals surface area contributed by atoms with Crippen molar-refractivity contribution in [3.8, 4) is 0 Å². The van der Waals surface area contributed by atoms with Gasteiger partial charge >= 0.3 is 5.97 Å². The zero-order valence-electron chi connectivity index (χ0n) is 10.7. The summed E-state index contributed by atoms with van der Waals surface area (Å²) in [5.41, 5.74) is 1.02. The van der Waals surface area contributed by atoms with E-state index >= 15 is 0 Å². The van der Waals surface area contributed by atoms with Crippen molar-refractivity contribution in [2.24, 2.45) is 0 Å². The number of rotatable bonds is 4. The summed E-state index contributed by atoms with van der Waals surface area (Å²) in [5.74, 6) is -0.508. The van der Waals surface area contributed by atoms with Crippen molar-refractivity contribution in [3.63, 3.8) is 0 Å². The lowest BCUT2D eigenvalue weighted by molar-refractivity contribution is -0.383. The van der Waals surface area contributed by atoms with Gasteiger partial charge in [0.2, 0.25) is 0 Å². The van der Waals surface area contributed by atoms with Gasteiger partial charge in [-0.15, -0.1) is 0 Å². The van der Waals surface area contributed by atoms with Gasteiger partial charge in [-0.05, 0) is 18.2 Å². The Kier molecular flexibility index (Phi) is 3.95. The van der Waals surface area contributed by atoms with Crippen LogP contribution in [0.3, 0.4) is 0 Å². The lowest BCUT2D eigenvalue weighted by Crippen LogP contribution is -2.06. The summed E-state index contributed by atoms with van der Waals surface area (Å²) in [4.78, 5) is 22.1. The predicted molar refractivity (Wildman–Crippen MR) is 74.2 cm³/mol. The van der Waals surface area contributed by atoms with Gasteiger partial charge in [0.05, 0.1) is 23.3 Å². The Morgan fingerprint density at radius 3 is 2.35 bits per heavy atom. The molecule has 0 fully saturated rings. The van der Waals surface area contributed by atoms with Gasteiger partial charge < -0.3 is 10.1 Å². The zero-order valence-corrected chi connectivity index (χ0v) is 10.7. The molecule has 0 aliphatic rings. The molecule has 2 rings (SSSR count). The average molecular weight is 272 g/mol. The number of carbonyl (C=O) groups is 1. The third kappa shape index (κ3) is 2.74. The zero-order chi connectivity index (χ0) is 14.5. The van der Waals surface area contributed by atoms with Gasteiger partial charge in [-0.1, -0.05) is 24.3 Å². The van der Waals surface area contributed by atoms with E-state index in [-0.39, 0.29) is 5.69 Å². The summed E-state index contributed by atoms with van der Waals surface area (Å²) in [5, 5.41) is 13.9. The molecule has 0 saturated heterocycles. The number of hydrogen-bond donors (Lipinski definition) is 1. The number of ether oxygens (including phenoxy) is 1. The predicted octanol–water partition coefficient (Wildman–Crippen LogP) is 3.13. The van der Waals surface area contributed by atoms with Crippen LogP contribution in [0.1, 0.15) is 10.4 Å². The lowest BCUT2D eigenvalue weighted by Gasteiger charge is -2.10. The Morgan fingerprint density at radius 2 is 1.70 bits per heavy atom. The molecular weight excluding hydrogens is 260 g/mol. The molecule has 102 valence electrons. The molecule has 0 spiro atoms. The average Bonchev–Trinajstić information content (AvgIpc) is 2.47. The number of anilines is 2. The highest BCUT2D eigenvalue weighted by Gasteiger charge is 2.16. The van der Waals surface area contributed by atoms with E-state index in [4.69, 9.17) is 0 Å². The first-order valence-corrected chi connectivity index (χ1v) is 5.81. The van der Waals surface area contributed by atoms with E-state index in [1.165, 1.54) is 13.2 Å². The summed E-state index contributed by atoms with van der Waals surface area (Å²) in [6.07, 6.45) is 0. The van der Waals surface area contributed by atoms with Gasteiger partial charge in [-0.25, -0.2) is 4.79 Å². The summed E-state index contributed by atoms with van der Waals surface area (Å²) < 4.78 is 4.68. The van der Waals surface area contributed by atoms with Gasteiger partial charge in [-0.3, -0.25) is 10.1 Å². The normalized spacial score (nSPS) is 9.85. The minimum Gasteiger partial charge on any atom is -0.465 e. The first-order chi connectivity index (χ1) is 9.63. The summed E-state index contributed by atoms with van der Waals surface area (Å²) in [7, 11) is 1.28. The van der Waals surface area contributed by atoms with Gasteiger partial charge in [0.1, 0.15) is 5.69 Å². The molecule has 6 heteroatoms. The first kappa shape index (κ1) is 13.5. The van der Waals surface area contributed by atoms with E-state index in [2.05, 4.69) is 10.1 Å². The van der Waals surface area contributed by atoms with Gasteiger partial charge in [0.25, 0.3) is 5.69 Å². The van der Waals surface area contributed by atoms with Crippen LogP contribution in [0.4, 0.5) is 17.1 Å². The second kappa shape index (κ2) is 5.83. The molecule has 0 radical (unpaired) electrons. The Hall–Kier alpha value is -2.89. The number of carbonyl (C=O) groups excluding carboxylic acids is 1. The van der Waals surface area contributed by atoms with Gasteiger partial charge in [0, 0.05) is 6.07 Å². The van der Waals surface area contributed by atoms with Crippen molar-refractivity contribution in [1.82, 2.24) is 0 Å². The number of nitro benzene ring substituents is 1. The van der Waals surface area contributed by atoms with E-state index in [9.17, 15) is 14.9 Å². The summed E-state index contributed by atoms with van der Waals surface area (Å²) in [6, 6.07) is 12.9. The SMILES string of the molecule is COC(=O)c1ccccc1Nc1ccccc1[N+](=O)[O-]. The maximum Gasteiger partial charge on any atom is 0.339 e. The summed E-state index contributed by atoms with van der Waals surface area (Å²) in [6.45, 7) is 0. The van der Waals surface area contributed by atoms with E-state index in [0.717, 1.165) is 0 Å². The molecule has 0 aromatic heterocycles. The van der Waals surface area contributed by atoms with E-state index in [1.54, 1.807) is 42.5 Å². The first-order valence-electron chi connectivity index (χ1n) is 5.81. The molecule has 6 nitrogen and oxygen atoms in total. The number of para-hydroxylation sites is 3. The van der Waals surface area contributed by atoms with Crippen LogP contribution in [-0.2, 0) is 4.74 Å². The molecule has 0 unspecified atom stereocenters. The molecule has 0 heterocycles. The van der Waals surface area contributed by atoms with E-state index < -0.39 is 10.9 Å². The van der Waals surface area contributed by atoms with Crippen LogP contribution in [0.25, 0.3) is 0 Å². The van der Waals surface area contributed by atoms with Gasteiger partial charge in [-0.2, -0.15) is 0 Å². The quantitative estimate of drug-likeness (QED) is 0.525. The van der Waals surface area contributed by atoms with Crippen LogP contribution < -0.4 is 5.32 Å². The fourth-order valence-corrected chi connectivity index (χ4v) is 1.76. The van der Waals surface area contributed by atoms with Crippen molar-refractivity contribution in [1.29, 1.82) is 0 Å². The molecule has 20 heavy (non-hydrogen) atoms. The molecule has 0 saturated carbocycles. The van der Waals surface area contributed by atoms with Crippen LogP contribution in [0.2, 0.25) is 0 Å².